The van der Waals surface area contributed by atoms with Crippen molar-refractivity contribution in [1.82, 2.24) is 19.5 Å². The predicted octanol–water partition coefficient (Wildman–Crippen LogP) is 13.7. The molecule has 3 aromatic heterocycles. The summed E-state index contributed by atoms with van der Waals surface area (Å²) >= 11 is 1.66. The van der Waals surface area contributed by atoms with Crippen molar-refractivity contribution in [1.29, 1.82) is 0 Å². The highest BCUT2D eigenvalue weighted by Crippen LogP contribution is 2.40. The highest BCUT2D eigenvalue weighted by Gasteiger charge is 2.18. The van der Waals surface area contributed by atoms with Crippen LogP contribution in [-0.4, -0.2) is 19.5 Å². The van der Waals surface area contributed by atoms with Crippen LogP contribution < -0.4 is 0 Å². The summed E-state index contributed by atoms with van der Waals surface area (Å²) in [6.07, 6.45) is 0. The standard InChI is InChI=1S/C51H32N4S/c1-3-12-33(13-4-1)34-22-26-36(27-23-34)49-52-50(54-51(53-49)44-19-11-18-43-42-17-8-10-21-47(42)56-48(43)44)37-28-24-35(25-29-37)38-30-31-41-40-16-7-9-20-45(40)55(46(41)32-38)39-14-5-2-6-15-39/h1-32H/i2D,5D,6D,7D,9D,14D,15D,16D,20D,30D,31D,32D. The van der Waals surface area contributed by atoms with Crippen molar-refractivity contribution in [3.05, 3.63) is 194 Å². The Labute approximate surface area is 344 Å². The maximum absolute atomic E-state index is 9.69. The smallest absolute Gasteiger partial charge is 0.165 e. The summed E-state index contributed by atoms with van der Waals surface area (Å²) in [5, 5.41) is 1.80. The lowest BCUT2D eigenvalue weighted by atomic mass is 10.0. The first-order valence-electron chi connectivity index (χ1n) is 23.8. The minimum absolute atomic E-state index is 0.0484. The fourth-order valence-corrected chi connectivity index (χ4v) is 8.35. The molecule has 0 radical (unpaired) electrons. The van der Waals surface area contributed by atoms with E-state index >= 15 is 0 Å². The molecule has 0 aliphatic rings. The fraction of sp³-hybridized carbons (Fsp3) is 0. The van der Waals surface area contributed by atoms with Crippen molar-refractivity contribution in [2.75, 3.05) is 0 Å². The van der Waals surface area contributed by atoms with Crippen LogP contribution in [-0.2, 0) is 0 Å². The van der Waals surface area contributed by atoms with Gasteiger partial charge in [-0.3, -0.25) is 0 Å². The highest BCUT2D eigenvalue weighted by atomic mass is 32.1. The fourth-order valence-electron chi connectivity index (χ4n) is 7.14. The number of para-hydroxylation sites is 2. The third-order valence-electron chi connectivity index (χ3n) is 9.83. The van der Waals surface area contributed by atoms with E-state index in [0.29, 0.717) is 28.6 Å². The first kappa shape index (κ1) is 22.2. The van der Waals surface area contributed by atoms with E-state index in [2.05, 4.69) is 18.2 Å². The number of benzene rings is 8. The predicted molar refractivity (Wildman–Crippen MR) is 234 cm³/mol. The van der Waals surface area contributed by atoms with Crippen molar-refractivity contribution >= 4 is 53.3 Å². The Morgan fingerprint density at radius 3 is 1.77 bits per heavy atom. The van der Waals surface area contributed by atoms with E-state index in [1.165, 1.54) is 0 Å². The quantitative estimate of drug-likeness (QED) is 0.170. The molecule has 11 aromatic rings. The zero-order valence-corrected chi connectivity index (χ0v) is 30.1. The molecule has 8 aromatic carbocycles. The van der Waals surface area contributed by atoms with Crippen molar-refractivity contribution in [2.45, 2.75) is 0 Å². The molecule has 0 N–H and O–H groups in total. The third-order valence-corrected chi connectivity index (χ3v) is 11.1. The minimum Gasteiger partial charge on any atom is -0.309 e. The van der Waals surface area contributed by atoms with E-state index in [4.69, 9.17) is 27.3 Å². The molecule has 3 heterocycles. The molecule has 0 saturated carbocycles. The number of hydrogen-bond acceptors (Lipinski definition) is 4. The molecule has 262 valence electrons. The highest BCUT2D eigenvalue weighted by molar-refractivity contribution is 7.26. The molecule has 0 fully saturated rings. The first-order valence-corrected chi connectivity index (χ1v) is 18.6. The van der Waals surface area contributed by atoms with Crippen LogP contribution in [0, 0.1) is 0 Å². The Hall–Kier alpha value is -7.21. The van der Waals surface area contributed by atoms with Gasteiger partial charge in [0.25, 0.3) is 0 Å². The van der Waals surface area contributed by atoms with Crippen molar-refractivity contribution in [3.8, 4) is 62.1 Å². The van der Waals surface area contributed by atoms with Crippen molar-refractivity contribution < 1.29 is 16.4 Å². The van der Waals surface area contributed by atoms with Crippen LogP contribution in [0.4, 0.5) is 0 Å². The third kappa shape index (κ3) is 5.48. The molecule has 0 saturated heterocycles. The van der Waals surface area contributed by atoms with Gasteiger partial charge in [0.1, 0.15) is 0 Å². The van der Waals surface area contributed by atoms with Gasteiger partial charge in [-0.15, -0.1) is 11.3 Å². The summed E-state index contributed by atoms with van der Waals surface area (Å²) in [6, 6.07) is 31.9. The van der Waals surface area contributed by atoms with Crippen LogP contribution in [0.1, 0.15) is 16.4 Å². The molecule has 0 aliphatic heterocycles. The molecule has 0 unspecified atom stereocenters. The minimum atomic E-state index is -0.697. The van der Waals surface area contributed by atoms with Crippen LogP contribution in [0.25, 0.3) is 104 Å². The SMILES string of the molecule is [2H]c1c([2H])c([2H])c(-n2c3c([2H])c([2H])c([2H])c([2H])c3c3c([2H])c([2H])c(-c4ccc(-c5nc(-c6ccc(-c7ccccc7)cc6)nc(-c6cccc7c6sc6ccccc67)n5)cc4)c([2H])c32)c([2H])c1[2H]. The first-order chi connectivity index (χ1) is 32.7. The van der Waals surface area contributed by atoms with Crippen molar-refractivity contribution in [2.24, 2.45) is 0 Å². The molecule has 0 aliphatic carbocycles. The average molecular weight is 745 g/mol. The zero-order valence-electron chi connectivity index (χ0n) is 41.2. The van der Waals surface area contributed by atoms with Gasteiger partial charge < -0.3 is 4.57 Å². The Kier molecular flexibility index (Phi) is 5.27. The second-order valence-electron chi connectivity index (χ2n) is 13.1. The summed E-state index contributed by atoms with van der Waals surface area (Å²) in [7, 11) is 0. The van der Waals surface area contributed by atoms with Gasteiger partial charge in [-0.05, 0) is 58.6 Å². The Bertz CT molecular complexity index is 3900. The molecule has 56 heavy (non-hydrogen) atoms. The maximum atomic E-state index is 9.69. The van der Waals surface area contributed by atoms with Crippen LogP contribution in [0.3, 0.4) is 0 Å². The van der Waals surface area contributed by atoms with Gasteiger partial charge in [-0.1, -0.05) is 158 Å². The van der Waals surface area contributed by atoms with Gasteiger partial charge in [0.2, 0.25) is 0 Å². The van der Waals surface area contributed by atoms with Crippen LogP contribution in [0.2, 0.25) is 0 Å². The molecule has 11 rings (SSSR count). The summed E-state index contributed by atoms with van der Waals surface area (Å²) in [5.74, 6) is 1.24. The lowest BCUT2D eigenvalue weighted by molar-refractivity contribution is 1.08. The van der Waals surface area contributed by atoms with Crippen LogP contribution >= 0.6 is 11.3 Å². The largest absolute Gasteiger partial charge is 0.309 e. The molecule has 5 heteroatoms. The zero-order chi connectivity index (χ0) is 47.4. The number of nitrogens with zero attached hydrogens (tertiary/aromatic N) is 4. The topological polar surface area (TPSA) is 43.6 Å². The average Bonchev–Trinajstić information content (AvgIpc) is 3.93. The van der Waals surface area contributed by atoms with Gasteiger partial charge in [-0.2, -0.15) is 0 Å². The number of hydrogen-bond donors (Lipinski definition) is 0. The van der Waals surface area contributed by atoms with Gasteiger partial charge in [0.05, 0.1) is 27.5 Å². The van der Waals surface area contributed by atoms with E-state index in [-0.39, 0.29) is 27.4 Å². The van der Waals surface area contributed by atoms with E-state index in [9.17, 15) is 4.11 Å². The van der Waals surface area contributed by atoms with Gasteiger partial charge >= 0.3 is 0 Å². The molecule has 0 amide bonds. The summed E-state index contributed by atoms with van der Waals surface area (Å²) in [6.45, 7) is 0. The Morgan fingerprint density at radius 2 is 1.00 bits per heavy atom. The van der Waals surface area contributed by atoms with Crippen molar-refractivity contribution in [3.63, 3.8) is 0 Å². The van der Waals surface area contributed by atoms with Crippen LogP contribution in [0.5, 0.6) is 0 Å². The lowest BCUT2D eigenvalue weighted by Gasteiger charge is -2.11. The van der Waals surface area contributed by atoms with E-state index in [0.717, 1.165) is 47.0 Å². The van der Waals surface area contributed by atoms with E-state index < -0.39 is 78.2 Å². The number of rotatable bonds is 6. The number of fused-ring (bicyclic) bond motifs is 6. The lowest BCUT2D eigenvalue weighted by Crippen LogP contribution is -2.00. The maximum Gasteiger partial charge on any atom is 0.165 e. The Balaban J connectivity index is 1.11. The summed E-state index contributed by atoms with van der Waals surface area (Å²) in [4.78, 5) is 15.1. The Morgan fingerprint density at radius 1 is 0.411 bits per heavy atom. The molecule has 0 bridgehead atoms. The summed E-state index contributed by atoms with van der Waals surface area (Å²) < 4.78 is 109. The number of thiophene rings is 1. The molecule has 0 spiro atoms. The van der Waals surface area contributed by atoms with E-state index in [1.54, 1.807) is 35.6 Å². The van der Waals surface area contributed by atoms with Gasteiger partial charge in [-0.25, -0.2) is 15.0 Å². The van der Waals surface area contributed by atoms with E-state index in [1.807, 2.05) is 78.9 Å². The molecule has 4 nitrogen and oxygen atoms in total. The second kappa shape index (κ2) is 13.3. The summed E-state index contributed by atoms with van der Waals surface area (Å²) in [5.41, 5.74) is 3.56. The normalized spacial score (nSPS) is 14.6. The van der Waals surface area contributed by atoms with Crippen LogP contribution in [0.15, 0.2) is 194 Å². The number of aromatic nitrogens is 4. The molecular weight excluding hydrogens is 701 g/mol. The monoisotopic (exact) mass is 744 g/mol. The molecule has 0 atom stereocenters. The van der Waals surface area contributed by atoms with Gasteiger partial charge in [0.15, 0.2) is 17.5 Å². The van der Waals surface area contributed by atoms with Gasteiger partial charge in [0, 0.05) is 53.3 Å². The molecular formula is C51H32N4S. The second-order valence-corrected chi connectivity index (χ2v) is 14.2.